The van der Waals surface area contributed by atoms with E-state index < -0.39 is 30.6 Å². The maximum atomic E-state index is 13.3. The van der Waals surface area contributed by atoms with Gasteiger partial charge in [-0.15, -0.1) is 0 Å². The first-order valence-corrected chi connectivity index (χ1v) is 27.8. The third kappa shape index (κ3) is 42.9. The van der Waals surface area contributed by atoms with Crippen molar-refractivity contribution in [3.8, 4) is 0 Å². The van der Waals surface area contributed by atoms with Crippen LogP contribution < -0.4 is 5.32 Å². The van der Waals surface area contributed by atoms with E-state index in [0.29, 0.717) is 32.2 Å². The topological polar surface area (TPSA) is 124 Å². The number of nitrogens with one attached hydrogen (secondary N) is 1. The molecule has 1 aliphatic rings. The van der Waals surface area contributed by atoms with Gasteiger partial charge in [0.15, 0.2) is 12.4 Å². The average Bonchev–Trinajstić information content (AvgIpc) is 3.30. The number of likely N-dealkylation sites (tertiary alicyclic amines) is 1. The normalized spacial score (nSPS) is 14.6. The van der Waals surface area contributed by atoms with E-state index >= 15 is 0 Å². The fourth-order valence-electron chi connectivity index (χ4n) is 7.94. The Balaban J connectivity index is 2.56. The van der Waals surface area contributed by atoms with Crippen LogP contribution in [0, 0.1) is 0 Å². The lowest BCUT2D eigenvalue weighted by Gasteiger charge is -2.30. The quantitative estimate of drug-likeness (QED) is 0.0202. The van der Waals surface area contributed by atoms with E-state index in [-0.39, 0.29) is 25.6 Å². The molecular formula is C57H102N2O8. The standard InChI is InChI=1S/C57H102N2O8/c1-4-7-10-13-16-18-20-22-24-26-28-30-32-35-38-42-54(60)64-50-53(51-65-55(61)43-39-36-33-31-29-27-25-23-21-19-17-14-11-8-5-2)66-56(62)45-44-52(41-37-34-15-12-9-6-3)67-57(63)58-46-49-59-47-40-48-59/h16-19,22-25,52-54,60H,4-15,20-21,26-51H2,1-3H3,(H,58,63)/b18-16-,19-17-,24-22-,25-23-. The van der Waals surface area contributed by atoms with Crippen molar-refractivity contribution in [1.82, 2.24) is 10.2 Å². The molecule has 1 amide bonds. The fraction of sp³-hybridized carbons (Fsp3) is 0.807. The van der Waals surface area contributed by atoms with Gasteiger partial charge in [-0.25, -0.2) is 4.79 Å². The first-order chi connectivity index (χ1) is 32.9. The summed E-state index contributed by atoms with van der Waals surface area (Å²) in [5.41, 5.74) is 0. The third-order valence-corrected chi connectivity index (χ3v) is 12.4. The molecule has 0 saturated carbocycles. The van der Waals surface area contributed by atoms with Crippen molar-refractivity contribution in [3.05, 3.63) is 48.6 Å². The van der Waals surface area contributed by atoms with Crippen LogP contribution in [0.25, 0.3) is 0 Å². The molecule has 0 aromatic rings. The van der Waals surface area contributed by atoms with Gasteiger partial charge < -0.3 is 34.3 Å². The minimum Gasteiger partial charge on any atom is -0.462 e. The number of alkyl carbamates (subject to hydrolysis) is 1. The largest absolute Gasteiger partial charge is 0.462 e. The Morgan fingerprint density at radius 3 is 1.57 bits per heavy atom. The van der Waals surface area contributed by atoms with Gasteiger partial charge in [-0.3, -0.25) is 9.59 Å². The van der Waals surface area contributed by atoms with Crippen LogP contribution in [-0.4, -0.2) is 85.9 Å². The van der Waals surface area contributed by atoms with E-state index in [1.807, 2.05) is 0 Å². The zero-order valence-corrected chi connectivity index (χ0v) is 43.4. The van der Waals surface area contributed by atoms with Gasteiger partial charge >= 0.3 is 18.0 Å². The van der Waals surface area contributed by atoms with Gasteiger partial charge in [0.1, 0.15) is 12.7 Å². The predicted molar refractivity (Wildman–Crippen MR) is 278 cm³/mol. The van der Waals surface area contributed by atoms with Crippen molar-refractivity contribution < 1.29 is 38.4 Å². The maximum Gasteiger partial charge on any atom is 0.407 e. The molecule has 388 valence electrons. The van der Waals surface area contributed by atoms with Gasteiger partial charge in [0.2, 0.25) is 0 Å². The Bertz CT molecular complexity index is 1260. The van der Waals surface area contributed by atoms with Gasteiger partial charge in [0.05, 0.1) is 6.61 Å². The van der Waals surface area contributed by atoms with Crippen LogP contribution in [0.1, 0.15) is 239 Å². The van der Waals surface area contributed by atoms with E-state index in [1.54, 1.807) is 0 Å². The highest BCUT2D eigenvalue weighted by Crippen LogP contribution is 2.17. The van der Waals surface area contributed by atoms with Crippen LogP contribution in [0.5, 0.6) is 0 Å². The average molecular weight is 943 g/mol. The SMILES string of the molecule is CCCCC/C=C\C/C=C\CCCCCCCC(=O)OCC(COC(O)CCCCCCC/C=C\C/C=C\CCCCC)OC(=O)CCC(CCCCCCCC)OC(=O)NCCN1CCC1. The van der Waals surface area contributed by atoms with E-state index in [1.165, 1.54) is 77.0 Å². The molecule has 3 atom stereocenters. The van der Waals surface area contributed by atoms with Crippen LogP contribution in [0.15, 0.2) is 48.6 Å². The molecule has 10 nitrogen and oxygen atoms in total. The first-order valence-electron chi connectivity index (χ1n) is 27.8. The van der Waals surface area contributed by atoms with E-state index in [0.717, 1.165) is 129 Å². The molecule has 1 saturated heterocycles. The number of rotatable bonds is 48. The number of hydrogen-bond acceptors (Lipinski definition) is 9. The van der Waals surface area contributed by atoms with Gasteiger partial charge in [-0.05, 0) is 122 Å². The molecule has 1 aliphatic heterocycles. The summed E-state index contributed by atoms with van der Waals surface area (Å²) in [5, 5.41) is 13.6. The number of carbonyl (C=O) groups excluding carboxylic acids is 3. The summed E-state index contributed by atoms with van der Waals surface area (Å²) in [6.07, 6.45) is 49.8. The van der Waals surface area contributed by atoms with Crippen molar-refractivity contribution in [1.29, 1.82) is 0 Å². The summed E-state index contributed by atoms with van der Waals surface area (Å²) in [6.45, 7) is 9.91. The zero-order chi connectivity index (χ0) is 48.5. The molecule has 0 aromatic carbocycles. The molecule has 1 fully saturated rings. The number of hydrogen-bond donors (Lipinski definition) is 2. The highest BCUT2D eigenvalue weighted by molar-refractivity contribution is 5.70. The molecule has 0 radical (unpaired) electrons. The van der Waals surface area contributed by atoms with Crippen molar-refractivity contribution in [2.24, 2.45) is 0 Å². The maximum absolute atomic E-state index is 13.3. The van der Waals surface area contributed by atoms with Crippen molar-refractivity contribution in [2.45, 2.75) is 258 Å². The number of carbonyl (C=O) groups is 3. The molecule has 1 heterocycles. The van der Waals surface area contributed by atoms with Gasteiger partial charge in [-0.2, -0.15) is 0 Å². The number of amides is 1. The fourth-order valence-corrected chi connectivity index (χ4v) is 7.94. The summed E-state index contributed by atoms with van der Waals surface area (Å²) in [5.74, 6) is -0.804. The number of aliphatic hydroxyl groups excluding tert-OH is 1. The van der Waals surface area contributed by atoms with E-state index in [9.17, 15) is 19.5 Å². The minimum absolute atomic E-state index is 0.0481. The van der Waals surface area contributed by atoms with Crippen molar-refractivity contribution in [3.63, 3.8) is 0 Å². The van der Waals surface area contributed by atoms with Gasteiger partial charge in [-0.1, -0.05) is 166 Å². The Labute approximate surface area is 410 Å². The number of nitrogens with zero attached hydrogens (tertiary/aromatic N) is 1. The Morgan fingerprint density at radius 2 is 1.01 bits per heavy atom. The van der Waals surface area contributed by atoms with Crippen LogP contribution in [-0.2, 0) is 28.5 Å². The lowest BCUT2D eigenvalue weighted by molar-refractivity contribution is -0.173. The van der Waals surface area contributed by atoms with E-state index in [2.05, 4.69) is 79.6 Å². The molecule has 10 heteroatoms. The Kier molecular flexibility index (Phi) is 44.5. The molecule has 67 heavy (non-hydrogen) atoms. The lowest BCUT2D eigenvalue weighted by Crippen LogP contribution is -2.43. The van der Waals surface area contributed by atoms with Crippen LogP contribution >= 0.6 is 0 Å². The van der Waals surface area contributed by atoms with Crippen LogP contribution in [0.2, 0.25) is 0 Å². The second kappa shape index (κ2) is 48.1. The molecule has 2 N–H and O–H groups in total. The molecule has 3 unspecified atom stereocenters. The second-order valence-corrected chi connectivity index (χ2v) is 18.8. The zero-order valence-electron chi connectivity index (χ0n) is 43.4. The minimum atomic E-state index is -1.00. The summed E-state index contributed by atoms with van der Waals surface area (Å²) in [7, 11) is 0. The number of allylic oxidation sites excluding steroid dienone is 8. The molecule has 0 bridgehead atoms. The predicted octanol–water partition coefficient (Wildman–Crippen LogP) is 14.7. The van der Waals surface area contributed by atoms with Crippen molar-refractivity contribution >= 4 is 18.0 Å². The first kappa shape index (κ1) is 62.1. The molecule has 0 aromatic heterocycles. The van der Waals surface area contributed by atoms with Crippen molar-refractivity contribution in [2.75, 3.05) is 39.4 Å². The number of aliphatic hydroxyl groups is 1. The van der Waals surface area contributed by atoms with Gasteiger partial charge in [0.25, 0.3) is 0 Å². The van der Waals surface area contributed by atoms with Crippen LogP contribution in [0.3, 0.4) is 0 Å². The summed E-state index contributed by atoms with van der Waals surface area (Å²) >= 11 is 0. The summed E-state index contributed by atoms with van der Waals surface area (Å²) < 4.78 is 23.0. The highest BCUT2D eigenvalue weighted by Gasteiger charge is 2.22. The molecule has 0 aliphatic carbocycles. The smallest absolute Gasteiger partial charge is 0.407 e. The summed E-state index contributed by atoms with van der Waals surface area (Å²) in [4.78, 5) is 41.0. The van der Waals surface area contributed by atoms with Gasteiger partial charge in [0, 0.05) is 25.9 Å². The molecule has 0 spiro atoms. The Hall–Kier alpha value is -2.95. The summed E-state index contributed by atoms with van der Waals surface area (Å²) in [6, 6.07) is 0. The monoisotopic (exact) mass is 943 g/mol. The lowest BCUT2D eigenvalue weighted by atomic mass is 10.0. The molecular weight excluding hydrogens is 841 g/mol. The second-order valence-electron chi connectivity index (χ2n) is 18.8. The number of unbranched alkanes of at least 4 members (excludes halogenated alkanes) is 21. The molecule has 1 rings (SSSR count). The third-order valence-electron chi connectivity index (χ3n) is 12.4. The highest BCUT2D eigenvalue weighted by atomic mass is 16.6. The van der Waals surface area contributed by atoms with E-state index in [4.69, 9.17) is 18.9 Å². The number of ether oxygens (including phenoxy) is 4. The Morgan fingerprint density at radius 1 is 0.522 bits per heavy atom. The van der Waals surface area contributed by atoms with Crippen LogP contribution in [0.4, 0.5) is 4.79 Å². The number of esters is 2.